The Hall–Kier alpha value is -1.07. The summed E-state index contributed by atoms with van der Waals surface area (Å²) in [6, 6.07) is 0.633. The van der Waals surface area contributed by atoms with Crippen LogP contribution >= 0.6 is 0 Å². The van der Waals surface area contributed by atoms with Crippen molar-refractivity contribution < 1.29 is 9.47 Å². The minimum absolute atomic E-state index is 0.248. The van der Waals surface area contributed by atoms with Crippen molar-refractivity contribution in [1.82, 2.24) is 9.55 Å². The van der Waals surface area contributed by atoms with Crippen LogP contribution in [0.4, 0.5) is 5.95 Å². The summed E-state index contributed by atoms with van der Waals surface area (Å²) in [5.41, 5.74) is 0. The summed E-state index contributed by atoms with van der Waals surface area (Å²) in [5.74, 6) is 0.900. The maximum Gasteiger partial charge on any atom is 0.203 e. The summed E-state index contributed by atoms with van der Waals surface area (Å²) in [6.07, 6.45) is 5.08. The summed E-state index contributed by atoms with van der Waals surface area (Å²) < 4.78 is 12.8. The molecule has 0 aliphatic carbocycles. The summed E-state index contributed by atoms with van der Waals surface area (Å²) in [4.78, 5) is 4.36. The lowest BCUT2D eigenvalue weighted by molar-refractivity contribution is 0.121. The van der Waals surface area contributed by atoms with Gasteiger partial charge in [0.1, 0.15) is 0 Å². The lowest BCUT2D eigenvalue weighted by Crippen LogP contribution is -2.29. The number of nitrogens with one attached hydrogen (secondary N) is 1. The second kappa shape index (κ2) is 5.51. The van der Waals surface area contributed by atoms with E-state index in [9.17, 15) is 0 Å². The Kier molecular flexibility index (Phi) is 4.02. The first-order valence-electron chi connectivity index (χ1n) is 6.12. The van der Waals surface area contributed by atoms with Crippen molar-refractivity contribution in [2.24, 2.45) is 0 Å². The predicted molar refractivity (Wildman–Crippen MR) is 66.3 cm³/mol. The molecule has 1 aromatic heterocycles. The number of methoxy groups -OCH3 is 1. The Labute approximate surface area is 102 Å². The van der Waals surface area contributed by atoms with Crippen LogP contribution in [0.2, 0.25) is 0 Å². The van der Waals surface area contributed by atoms with E-state index in [1.807, 2.05) is 12.4 Å². The Morgan fingerprint density at radius 1 is 1.71 bits per heavy atom. The zero-order chi connectivity index (χ0) is 12.3. The van der Waals surface area contributed by atoms with Crippen LogP contribution in [0.15, 0.2) is 12.4 Å². The van der Waals surface area contributed by atoms with Crippen molar-refractivity contribution in [3.8, 4) is 0 Å². The Bertz CT molecular complexity index is 353. The minimum atomic E-state index is 0.248. The van der Waals surface area contributed by atoms with Crippen molar-refractivity contribution in [3.05, 3.63) is 12.4 Å². The maximum absolute atomic E-state index is 5.54. The van der Waals surface area contributed by atoms with Gasteiger partial charge in [-0.1, -0.05) is 0 Å². The Morgan fingerprint density at radius 3 is 3.18 bits per heavy atom. The largest absolute Gasteiger partial charge is 0.383 e. The highest BCUT2D eigenvalue weighted by molar-refractivity contribution is 5.29. The van der Waals surface area contributed by atoms with Crippen LogP contribution in [0.25, 0.3) is 0 Å². The van der Waals surface area contributed by atoms with Crippen LogP contribution < -0.4 is 5.32 Å². The number of nitrogens with zero attached hydrogens (tertiary/aromatic N) is 2. The molecule has 2 rings (SSSR count). The van der Waals surface area contributed by atoms with Gasteiger partial charge in [-0.05, 0) is 20.3 Å². The molecule has 0 saturated carbocycles. The van der Waals surface area contributed by atoms with Gasteiger partial charge in [0.2, 0.25) is 5.95 Å². The smallest absolute Gasteiger partial charge is 0.203 e. The van der Waals surface area contributed by atoms with Gasteiger partial charge in [0.05, 0.1) is 24.8 Å². The number of hydrogen-bond donors (Lipinski definition) is 1. The van der Waals surface area contributed by atoms with E-state index < -0.39 is 0 Å². The molecule has 1 aromatic rings. The highest BCUT2D eigenvalue weighted by Crippen LogP contribution is 2.20. The molecule has 0 radical (unpaired) electrons. The number of ether oxygens (including phenoxy) is 2. The van der Waals surface area contributed by atoms with E-state index in [2.05, 4.69) is 28.7 Å². The third-order valence-corrected chi connectivity index (χ3v) is 3.24. The first-order valence-corrected chi connectivity index (χ1v) is 6.12. The van der Waals surface area contributed by atoms with Gasteiger partial charge < -0.3 is 19.4 Å². The van der Waals surface area contributed by atoms with E-state index in [0.717, 1.165) is 19.0 Å². The molecule has 1 aliphatic heterocycles. The van der Waals surface area contributed by atoms with Crippen molar-refractivity contribution in [2.45, 2.75) is 38.5 Å². The molecule has 3 unspecified atom stereocenters. The van der Waals surface area contributed by atoms with Crippen molar-refractivity contribution >= 4 is 5.95 Å². The molecule has 1 saturated heterocycles. The molecule has 0 bridgehead atoms. The van der Waals surface area contributed by atoms with Gasteiger partial charge in [-0.2, -0.15) is 0 Å². The van der Waals surface area contributed by atoms with E-state index >= 15 is 0 Å². The fourth-order valence-corrected chi connectivity index (χ4v) is 2.19. The van der Waals surface area contributed by atoms with Crippen molar-refractivity contribution in [1.29, 1.82) is 0 Å². The molecule has 1 N–H and O–H groups in total. The highest BCUT2D eigenvalue weighted by atomic mass is 16.5. The second-order valence-corrected chi connectivity index (χ2v) is 4.58. The van der Waals surface area contributed by atoms with E-state index in [4.69, 9.17) is 9.47 Å². The fraction of sp³-hybridized carbons (Fsp3) is 0.750. The summed E-state index contributed by atoms with van der Waals surface area (Å²) in [7, 11) is 1.72. The Balaban J connectivity index is 2.03. The quantitative estimate of drug-likeness (QED) is 0.849. The summed E-state index contributed by atoms with van der Waals surface area (Å²) >= 11 is 0. The molecule has 3 atom stereocenters. The summed E-state index contributed by atoms with van der Waals surface area (Å²) in [6.45, 7) is 5.72. The minimum Gasteiger partial charge on any atom is -0.383 e. The standard InChI is InChI=1S/C12H21N3O2/c1-9(8-16-3)15-6-5-13-12(15)14-11-4-7-17-10(11)2/h5-6,9-11H,4,7-8H2,1-3H3,(H,13,14). The van der Waals surface area contributed by atoms with E-state index in [-0.39, 0.29) is 12.1 Å². The van der Waals surface area contributed by atoms with Crippen LogP contribution in [0.3, 0.4) is 0 Å². The van der Waals surface area contributed by atoms with Crippen molar-refractivity contribution in [3.63, 3.8) is 0 Å². The molecule has 5 heteroatoms. The molecular formula is C12H21N3O2. The molecule has 1 fully saturated rings. The molecule has 0 amide bonds. The summed E-state index contributed by atoms with van der Waals surface area (Å²) in [5, 5.41) is 3.45. The third kappa shape index (κ3) is 2.79. The van der Waals surface area contributed by atoms with Crippen LogP contribution in [-0.2, 0) is 9.47 Å². The molecule has 2 heterocycles. The van der Waals surface area contributed by atoms with Crippen LogP contribution in [0.5, 0.6) is 0 Å². The molecule has 17 heavy (non-hydrogen) atoms. The van der Waals surface area contributed by atoms with Gasteiger partial charge in [-0.15, -0.1) is 0 Å². The van der Waals surface area contributed by atoms with Crippen molar-refractivity contribution in [2.75, 3.05) is 25.6 Å². The van der Waals surface area contributed by atoms with Crippen LogP contribution in [-0.4, -0.2) is 42.0 Å². The van der Waals surface area contributed by atoms with E-state index in [1.165, 1.54) is 0 Å². The molecule has 0 aromatic carbocycles. The van der Waals surface area contributed by atoms with E-state index in [0.29, 0.717) is 12.6 Å². The first kappa shape index (κ1) is 12.4. The third-order valence-electron chi connectivity index (χ3n) is 3.24. The normalized spacial score (nSPS) is 26.1. The van der Waals surface area contributed by atoms with Gasteiger partial charge in [0.15, 0.2) is 0 Å². The average Bonchev–Trinajstić information content (AvgIpc) is 2.90. The zero-order valence-electron chi connectivity index (χ0n) is 10.7. The van der Waals surface area contributed by atoms with Gasteiger partial charge in [0.25, 0.3) is 0 Å². The van der Waals surface area contributed by atoms with Gasteiger partial charge in [-0.25, -0.2) is 4.98 Å². The fourth-order valence-electron chi connectivity index (χ4n) is 2.19. The predicted octanol–water partition coefficient (Wildman–Crippen LogP) is 1.68. The molecule has 5 nitrogen and oxygen atoms in total. The molecule has 96 valence electrons. The number of anilines is 1. The first-order chi connectivity index (χ1) is 8.22. The van der Waals surface area contributed by atoms with Crippen LogP contribution in [0, 0.1) is 0 Å². The van der Waals surface area contributed by atoms with Gasteiger partial charge >= 0.3 is 0 Å². The van der Waals surface area contributed by atoms with Gasteiger partial charge in [0, 0.05) is 26.1 Å². The van der Waals surface area contributed by atoms with E-state index in [1.54, 1.807) is 7.11 Å². The average molecular weight is 239 g/mol. The molecular weight excluding hydrogens is 218 g/mol. The SMILES string of the molecule is COCC(C)n1ccnc1NC1CCOC1C. The second-order valence-electron chi connectivity index (χ2n) is 4.58. The molecule has 1 aliphatic rings. The number of rotatable bonds is 5. The van der Waals surface area contributed by atoms with Gasteiger partial charge in [-0.3, -0.25) is 0 Å². The highest BCUT2D eigenvalue weighted by Gasteiger charge is 2.25. The Morgan fingerprint density at radius 2 is 2.53 bits per heavy atom. The lowest BCUT2D eigenvalue weighted by atomic mass is 10.2. The topological polar surface area (TPSA) is 48.3 Å². The molecule has 0 spiro atoms. The maximum atomic E-state index is 5.54. The van der Waals surface area contributed by atoms with Crippen LogP contribution in [0.1, 0.15) is 26.3 Å². The monoisotopic (exact) mass is 239 g/mol. The lowest BCUT2D eigenvalue weighted by Gasteiger charge is -2.20. The number of imidazole rings is 1. The number of hydrogen-bond acceptors (Lipinski definition) is 4. The number of aromatic nitrogens is 2. The zero-order valence-corrected chi connectivity index (χ0v) is 10.7.